The van der Waals surface area contributed by atoms with Crippen LogP contribution in [0.5, 0.6) is 5.75 Å². The molecule has 0 aliphatic rings. The quantitative estimate of drug-likeness (QED) is 0.555. The van der Waals surface area contributed by atoms with Gasteiger partial charge in [0, 0.05) is 18.2 Å². The highest BCUT2D eigenvalue weighted by Crippen LogP contribution is 2.13. The first-order valence-electron chi connectivity index (χ1n) is 6.00. The molecule has 17 heavy (non-hydrogen) atoms. The van der Waals surface area contributed by atoms with Crippen LogP contribution < -0.4 is 10.5 Å². The van der Waals surface area contributed by atoms with Crippen molar-refractivity contribution in [2.75, 3.05) is 13.7 Å². The smallest absolute Gasteiger partial charge is 0.164 e. The summed E-state index contributed by atoms with van der Waals surface area (Å²) in [6.45, 7) is 0.730. The van der Waals surface area contributed by atoms with E-state index in [2.05, 4.69) is 4.98 Å². The number of Topliss-reactive ketones (excluding diaryl/α,β-unsaturated/α-hetero) is 1. The number of carbonyl (C=O) groups excluding carboxylic acids is 1. The molecule has 0 aliphatic heterocycles. The SMILES string of the molecule is COc1cncc(C(=O)CCCCCCN)c1. The Bertz CT molecular complexity index is 353. The molecule has 1 aromatic rings. The van der Waals surface area contributed by atoms with Crippen LogP contribution in [-0.2, 0) is 0 Å². The molecule has 0 saturated heterocycles. The van der Waals surface area contributed by atoms with Gasteiger partial charge in [0.1, 0.15) is 5.75 Å². The Labute approximate surface area is 102 Å². The van der Waals surface area contributed by atoms with Crippen molar-refractivity contribution in [1.82, 2.24) is 4.98 Å². The molecule has 0 bridgehead atoms. The lowest BCUT2D eigenvalue weighted by molar-refractivity contribution is 0.0978. The molecule has 4 nitrogen and oxygen atoms in total. The average Bonchev–Trinajstić information content (AvgIpc) is 2.38. The van der Waals surface area contributed by atoms with E-state index in [4.69, 9.17) is 10.5 Å². The number of hydrogen-bond donors (Lipinski definition) is 1. The normalized spacial score (nSPS) is 10.2. The Morgan fingerprint density at radius 3 is 2.76 bits per heavy atom. The second-order valence-electron chi connectivity index (χ2n) is 3.99. The van der Waals surface area contributed by atoms with Crippen molar-refractivity contribution in [2.45, 2.75) is 32.1 Å². The zero-order chi connectivity index (χ0) is 12.5. The Kier molecular flexibility index (Phi) is 6.25. The van der Waals surface area contributed by atoms with Gasteiger partial charge in [-0.25, -0.2) is 0 Å². The molecule has 0 amide bonds. The van der Waals surface area contributed by atoms with Gasteiger partial charge in [-0.05, 0) is 25.5 Å². The lowest BCUT2D eigenvalue weighted by atomic mass is 10.1. The summed E-state index contributed by atoms with van der Waals surface area (Å²) in [6.07, 6.45) is 7.85. The van der Waals surface area contributed by atoms with Gasteiger partial charge in [-0.15, -0.1) is 0 Å². The van der Waals surface area contributed by atoms with Crippen LogP contribution in [0.3, 0.4) is 0 Å². The number of rotatable bonds is 8. The minimum atomic E-state index is 0.129. The minimum Gasteiger partial charge on any atom is -0.495 e. The van der Waals surface area contributed by atoms with E-state index in [0.29, 0.717) is 17.7 Å². The number of unbranched alkanes of at least 4 members (excludes halogenated alkanes) is 3. The maximum Gasteiger partial charge on any atom is 0.164 e. The average molecular weight is 236 g/mol. The first kappa shape index (κ1) is 13.6. The monoisotopic (exact) mass is 236 g/mol. The van der Waals surface area contributed by atoms with Crippen LogP contribution in [0.4, 0.5) is 0 Å². The summed E-state index contributed by atoms with van der Waals surface area (Å²) < 4.78 is 5.03. The fraction of sp³-hybridized carbons (Fsp3) is 0.538. The predicted molar refractivity (Wildman–Crippen MR) is 67.3 cm³/mol. The topological polar surface area (TPSA) is 65.2 Å². The number of ketones is 1. The third-order valence-corrected chi connectivity index (χ3v) is 2.63. The van der Waals surface area contributed by atoms with Gasteiger partial charge in [0.15, 0.2) is 5.78 Å². The van der Waals surface area contributed by atoms with Crippen LogP contribution in [0.25, 0.3) is 0 Å². The Balaban J connectivity index is 2.36. The number of nitrogens with zero attached hydrogens (tertiary/aromatic N) is 1. The zero-order valence-corrected chi connectivity index (χ0v) is 10.3. The number of pyridine rings is 1. The molecule has 0 unspecified atom stereocenters. The number of nitrogens with two attached hydrogens (primary N) is 1. The number of hydrogen-bond acceptors (Lipinski definition) is 4. The minimum absolute atomic E-state index is 0.129. The van der Waals surface area contributed by atoms with Crippen molar-refractivity contribution in [3.05, 3.63) is 24.0 Å². The van der Waals surface area contributed by atoms with E-state index in [1.54, 1.807) is 25.6 Å². The summed E-state index contributed by atoms with van der Waals surface area (Å²) in [5.41, 5.74) is 6.03. The molecule has 0 atom stereocenters. The molecule has 0 fully saturated rings. The number of aromatic nitrogens is 1. The van der Waals surface area contributed by atoms with Crippen LogP contribution in [-0.4, -0.2) is 24.4 Å². The summed E-state index contributed by atoms with van der Waals surface area (Å²) in [6, 6.07) is 1.73. The van der Waals surface area contributed by atoms with Crippen LogP contribution in [0.15, 0.2) is 18.5 Å². The van der Waals surface area contributed by atoms with Gasteiger partial charge in [-0.2, -0.15) is 0 Å². The van der Waals surface area contributed by atoms with Gasteiger partial charge < -0.3 is 10.5 Å². The number of methoxy groups -OCH3 is 1. The highest BCUT2D eigenvalue weighted by Gasteiger charge is 2.06. The van der Waals surface area contributed by atoms with E-state index in [-0.39, 0.29) is 5.78 Å². The molecule has 94 valence electrons. The van der Waals surface area contributed by atoms with Crippen LogP contribution in [0.1, 0.15) is 42.5 Å². The maximum atomic E-state index is 11.8. The van der Waals surface area contributed by atoms with Gasteiger partial charge in [0.2, 0.25) is 0 Å². The maximum absolute atomic E-state index is 11.8. The molecular weight excluding hydrogens is 216 g/mol. The number of carbonyl (C=O) groups is 1. The standard InChI is InChI=1S/C13H20N2O2/c1-17-12-8-11(9-15-10-12)13(16)6-4-2-3-5-7-14/h8-10H,2-7,14H2,1H3. The Morgan fingerprint density at radius 1 is 1.29 bits per heavy atom. The van der Waals surface area contributed by atoms with Gasteiger partial charge >= 0.3 is 0 Å². The van der Waals surface area contributed by atoms with Crippen molar-refractivity contribution in [1.29, 1.82) is 0 Å². The van der Waals surface area contributed by atoms with Crippen molar-refractivity contribution < 1.29 is 9.53 Å². The molecule has 4 heteroatoms. The van der Waals surface area contributed by atoms with E-state index >= 15 is 0 Å². The molecule has 1 aromatic heterocycles. The van der Waals surface area contributed by atoms with Crippen LogP contribution in [0, 0.1) is 0 Å². The summed E-state index contributed by atoms with van der Waals surface area (Å²) in [5, 5.41) is 0. The van der Waals surface area contributed by atoms with Crippen molar-refractivity contribution in [2.24, 2.45) is 5.73 Å². The second kappa shape index (κ2) is 7.79. The fourth-order valence-corrected chi connectivity index (χ4v) is 1.61. The van der Waals surface area contributed by atoms with E-state index in [1.807, 2.05) is 0 Å². The third kappa shape index (κ3) is 4.95. The lowest BCUT2D eigenvalue weighted by Crippen LogP contribution is -2.01. The van der Waals surface area contributed by atoms with Crippen molar-refractivity contribution >= 4 is 5.78 Å². The molecule has 1 heterocycles. The molecule has 2 N–H and O–H groups in total. The Morgan fingerprint density at radius 2 is 2.06 bits per heavy atom. The molecule has 0 aromatic carbocycles. The molecule has 0 aliphatic carbocycles. The Hall–Kier alpha value is -1.42. The van der Waals surface area contributed by atoms with Gasteiger partial charge in [-0.3, -0.25) is 9.78 Å². The molecule has 1 rings (SSSR count). The lowest BCUT2D eigenvalue weighted by Gasteiger charge is -2.03. The molecule has 0 spiro atoms. The third-order valence-electron chi connectivity index (χ3n) is 2.63. The van der Waals surface area contributed by atoms with Crippen LogP contribution in [0.2, 0.25) is 0 Å². The van der Waals surface area contributed by atoms with E-state index in [1.165, 1.54) is 0 Å². The summed E-state index contributed by atoms with van der Waals surface area (Å²) >= 11 is 0. The molecule has 0 radical (unpaired) electrons. The molecular formula is C13H20N2O2. The van der Waals surface area contributed by atoms with E-state index < -0.39 is 0 Å². The summed E-state index contributed by atoms with van der Waals surface area (Å²) in [4.78, 5) is 15.8. The van der Waals surface area contributed by atoms with Gasteiger partial charge in [0.25, 0.3) is 0 Å². The van der Waals surface area contributed by atoms with Gasteiger partial charge in [0.05, 0.1) is 13.3 Å². The second-order valence-corrected chi connectivity index (χ2v) is 3.99. The largest absolute Gasteiger partial charge is 0.495 e. The summed E-state index contributed by atoms with van der Waals surface area (Å²) in [5.74, 6) is 0.753. The number of ether oxygens (including phenoxy) is 1. The first-order valence-corrected chi connectivity index (χ1v) is 6.00. The van der Waals surface area contributed by atoms with Crippen molar-refractivity contribution in [3.63, 3.8) is 0 Å². The molecule has 0 saturated carbocycles. The van der Waals surface area contributed by atoms with E-state index in [0.717, 1.165) is 32.2 Å². The van der Waals surface area contributed by atoms with E-state index in [9.17, 15) is 4.79 Å². The fourth-order valence-electron chi connectivity index (χ4n) is 1.61. The van der Waals surface area contributed by atoms with Crippen molar-refractivity contribution in [3.8, 4) is 5.75 Å². The summed E-state index contributed by atoms with van der Waals surface area (Å²) in [7, 11) is 1.57. The van der Waals surface area contributed by atoms with Crippen LogP contribution >= 0.6 is 0 Å². The highest BCUT2D eigenvalue weighted by atomic mass is 16.5. The van der Waals surface area contributed by atoms with Gasteiger partial charge in [-0.1, -0.05) is 12.8 Å². The zero-order valence-electron chi connectivity index (χ0n) is 10.3. The predicted octanol–water partition coefficient (Wildman–Crippen LogP) is 2.18. The highest BCUT2D eigenvalue weighted by molar-refractivity contribution is 5.96. The first-order chi connectivity index (χ1) is 8.27.